The lowest BCUT2D eigenvalue weighted by Gasteiger charge is -2.31. The van der Waals surface area contributed by atoms with Crippen LogP contribution in [0.3, 0.4) is 0 Å². The van der Waals surface area contributed by atoms with Gasteiger partial charge in [-0.2, -0.15) is 0 Å². The first-order chi connectivity index (χ1) is 11.1. The Morgan fingerprint density at radius 1 is 1.13 bits per heavy atom. The van der Waals surface area contributed by atoms with Crippen molar-refractivity contribution in [3.05, 3.63) is 51.1 Å². The third-order valence-electron chi connectivity index (χ3n) is 4.00. The molecule has 1 aromatic heterocycles. The molecule has 0 radical (unpaired) electrons. The molecule has 2 amide bonds. The summed E-state index contributed by atoms with van der Waals surface area (Å²) in [5.74, 6) is 0.0772. The minimum atomic E-state index is -0.0361. The number of halogens is 1. The second kappa shape index (κ2) is 7.27. The van der Waals surface area contributed by atoms with E-state index in [0.717, 1.165) is 15.0 Å². The third-order valence-corrected chi connectivity index (χ3v) is 5.38. The number of piperidine rings is 1. The number of hydrogen-bond donors (Lipinski definition) is 1. The number of amides is 2. The molecule has 23 heavy (non-hydrogen) atoms. The monoisotopic (exact) mass is 392 g/mol. The van der Waals surface area contributed by atoms with Gasteiger partial charge in [-0.1, -0.05) is 22.0 Å². The van der Waals surface area contributed by atoms with E-state index in [1.54, 1.807) is 0 Å². The van der Waals surface area contributed by atoms with Gasteiger partial charge >= 0.3 is 0 Å². The fourth-order valence-corrected chi connectivity index (χ4v) is 3.63. The Labute approximate surface area is 147 Å². The first-order valence-electron chi connectivity index (χ1n) is 7.52. The van der Waals surface area contributed by atoms with Crippen molar-refractivity contribution >= 4 is 44.8 Å². The van der Waals surface area contributed by atoms with Gasteiger partial charge in [0, 0.05) is 29.2 Å². The average Bonchev–Trinajstić information content (AvgIpc) is 3.11. The van der Waals surface area contributed by atoms with Crippen molar-refractivity contribution in [3.63, 3.8) is 0 Å². The molecule has 2 aromatic rings. The Morgan fingerprint density at radius 2 is 1.83 bits per heavy atom. The number of nitrogens with one attached hydrogen (secondary N) is 1. The molecule has 1 N–H and O–H groups in total. The zero-order valence-electron chi connectivity index (χ0n) is 12.5. The van der Waals surface area contributed by atoms with E-state index in [2.05, 4.69) is 21.2 Å². The molecule has 6 heteroatoms. The molecule has 0 spiro atoms. The Kier molecular flexibility index (Phi) is 5.13. The van der Waals surface area contributed by atoms with Crippen LogP contribution in [0.4, 0.5) is 5.69 Å². The van der Waals surface area contributed by atoms with E-state index >= 15 is 0 Å². The highest BCUT2D eigenvalue weighted by atomic mass is 79.9. The second-order valence-electron chi connectivity index (χ2n) is 5.54. The molecule has 1 aromatic carbocycles. The maximum absolute atomic E-state index is 12.3. The molecular weight excluding hydrogens is 376 g/mol. The molecule has 1 aliphatic rings. The second-order valence-corrected chi connectivity index (χ2v) is 7.40. The van der Waals surface area contributed by atoms with Crippen LogP contribution in [0.1, 0.15) is 22.5 Å². The lowest BCUT2D eigenvalue weighted by atomic mass is 9.95. The quantitative estimate of drug-likeness (QED) is 0.857. The van der Waals surface area contributed by atoms with E-state index in [1.165, 1.54) is 11.3 Å². The number of anilines is 1. The summed E-state index contributed by atoms with van der Waals surface area (Å²) in [6.07, 6.45) is 1.42. The van der Waals surface area contributed by atoms with E-state index in [0.29, 0.717) is 25.9 Å². The Morgan fingerprint density at radius 3 is 2.43 bits per heavy atom. The third kappa shape index (κ3) is 4.00. The molecule has 0 atom stereocenters. The maximum Gasteiger partial charge on any atom is 0.263 e. The summed E-state index contributed by atoms with van der Waals surface area (Å²) in [6.45, 7) is 1.27. The van der Waals surface area contributed by atoms with Crippen LogP contribution in [0.5, 0.6) is 0 Å². The minimum absolute atomic E-state index is 0.0361. The molecule has 0 unspecified atom stereocenters. The van der Waals surface area contributed by atoms with Crippen LogP contribution in [-0.2, 0) is 4.79 Å². The van der Waals surface area contributed by atoms with E-state index < -0.39 is 0 Å². The van der Waals surface area contributed by atoms with Crippen molar-refractivity contribution in [1.29, 1.82) is 0 Å². The van der Waals surface area contributed by atoms with E-state index in [-0.39, 0.29) is 17.7 Å². The lowest BCUT2D eigenvalue weighted by Crippen LogP contribution is -2.41. The zero-order chi connectivity index (χ0) is 16.2. The highest BCUT2D eigenvalue weighted by molar-refractivity contribution is 9.10. The average molecular weight is 393 g/mol. The molecule has 3 rings (SSSR count). The summed E-state index contributed by atoms with van der Waals surface area (Å²) >= 11 is 4.84. The highest BCUT2D eigenvalue weighted by Gasteiger charge is 2.28. The molecule has 0 bridgehead atoms. The van der Waals surface area contributed by atoms with Gasteiger partial charge in [-0.25, -0.2) is 0 Å². The number of thiophene rings is 1. The van der Waals surface area contributed by atoms with Crippen LogP contribution in [0.15, 0.2) is 46.3 Å². The fourth-order valence-electron chi connectivity index (χ4n) is 2.68. The standard InChI is InChI=1S/C17H17BrN2O2S/c18-13-3-5-14(6-4-13)19-16(21)12-7-9-20(10-8-12)17(22)15-2-1-11-23-15/h1-6,11-12H,7-10H2,(H,19,21). The van der Waals surface area contributed by atoms with Crippen LogP contribution < -0.4 is 5.32 Å². The van der Waals surface area contributed by atoms with Gasteiger partial charge in [0.05, 0.1) is 4.88 Å². The molecule has 4 nitrogen and oxygen atoms in total. The first-order valence-corrected chi connectivity index (χ1v) is 9.20. The molecule has 2 heterocycles. The molecule has 1 aliphatic heterocycles. The van der Waals surface area contributed by atoms with Gasteiger partial charge in [0.2, 0.25) is 5.91 Å². The van der Waals surface area contributed by atoms with Gasteiger partial charge in [0.1, 0.15) is 0 Å². The summed E-state index contributed by atoms with van der Waals surface area (Å²) in [6, 6.07) is 11.3. The Balaban J connectivity index is 1.53. The Hall–Kier alpha value is -1.66. The first kappa shape index (κ1) is 16.2. The lowest BCUT2D eigenvalue weighted by molar-refractivity contribution is -0.121. The van der Waals surface area contributed by atoms with Crippen LogP contribution in [0, 0.1) is 5.92 Å². The number of carbonyl (C=O) groups excluding carboxylic acids is 2. The summed E-state index contributed by atoms with van der Waals surface area (Å²) in [5, 5.41) is 4.86. The normalized spacial score (nSPS) is 15.4. The SMILES string of the molecule is O=C(Nc1ccc(Br)cc1)C1CCN(C(=O)c2cccs2)CC1. The van der Waals surface area contributed by atoms with Crippen molar-refractivity contribution < 1.29 is 9.59 Å². The predicted molar refractivity (Wildman–Crippen MR) is 95.7 cm³/mol. The summed E-state index contributed by atoms with van der Waals surface area (Å²) in [5.41, 5.74) is 0.801. The smallest absolute Gasteiger partial charge is 0.263 e. The van der Waals surface area contributed by atoms with Gasteiger partial charge in [-0.15, -0.1) is 11.3 Å². The number of carbonyl (C=O) groups is 2. The van der Waals surface area contributed by atoms with Gasteiger partial charge in [-0.3, -0.25) is 9.59 Å². The number of hydrogen-bond acceptors (Lipinski definition) is 3. The van der Waals surface area contributed by atoms with Crippen molar-refractivity contribution in [2.75, 3.05) is 18.4 Å². The van der Waals surface area contributed by atoms with Gasteiger partial charge in [0.25, 0.3) is 5.91 Å². The Bertz CT molecular complexity index is 677. The molecule has 0 saturated carbocycles. The topological polar surface area (TPSA) is 49.4 Å². The highest BCUT2D eigenvalue weighted by Crippen LogP contribution is 2.22. The van der Waals surface area contributed by atoms with Gasteiger partial charge in [-0.05, 0) is 48.6 Å². The number of nitrogens with zero attached hydrogens (tertiary/aromatic N) is 1. The van der Waals surface area contributed by atoms with Crippen molar-refractivity contribution in [2.45, 2.75) is 12.8 Å². The van der Waals surface area contributed by atoms with Gasteiger partial charge < -0.3 is 10.2 Å². The molecule has 1 fully saturated rings. The van der Waals surface area contributed by atoms with Crippen molar-refractivity contribution in [3.8, 4) is 0 Å². The maximum atomic E-state index is 12.3. The van der Waals surface area contributed by atoms with Crippen LogP contribution in [0.25, 0.3) is 0 Å². The number of likely N-dealkylation sites (tertiary alicyclic amines) is 1. The summed E-state index contributed by atoms with van der Waals surface area (Å²) in [7, 11) is 0. The number of rotatable bonds is 3. The van der Waals surface area contributed by atoms with Crippen molar-refractivity contribution in [1.82, 2.24) is 4.90 Å². The van der Waals surface area contributed by atoms with E-state index in [4.69, 9.17) is 0 Å². The largest absolute Gasteiger partial charge is 0.338 e. The molecule has 1 saturated heterocycles. The van der Waals surface area contributed by atoms with Crippen molar-refractivity contribution in [2.24, 2.45) is 5.92 Å². The van der Waals surface area contributed by atoms with Crippen LogP contribution in [0.2, 0.25) is 0 Å². The molecule has 120 valence electrons. The minimum Gasteiger partial charge on any atom is -0.338 e. The summed E-state index contributed by atoms with van der Waals surface area (Å²) < 4.78 is 0.982. The van der Waals surface area contributed by atoms with E-state index in [1.807, 2.05) is 46.7 Å². The molecule has 0 aliphatic carbocycles. The number of benzene rings is 1. The van der Waals surface area contributed by atoms with E-state index in [9.17, 15) is 9.59 Å². The zero-order valence-corrected chi connectivity index (χ0v) is 14.9. The summed E-state index contributed by atoms with van der Waals surface area (Å²) in [4.78, 5) is 27.2. The predicted octanol–water partition coefficient (Wildman–Crippen LogP) is 4.00. The fraction of sp³-hybridized carbons (Fsp3) is 0.294. The van der Waals surface area contributed by atoms with Gasteiger partial charge in [0.15, 0.2) is 0 Å². The molecular formula is C17H17BrN2O2S. The van der Waals surface area contributed by atoms with Crippen LogP contribution in [-0.4, -0.2) is 29.8 Å². The van der Waals surface area contributed by atoms with Crippen LogP contribution >= 0.6 is 27.3 Å².